The SMILES string of the molecule is COc1c2cc(C)oc2c(CCCO)c2cc(C)oc12. The molecule has 0 saturated heterocycles. The van der Waals surface area contributed by atoms with Crippen LogP contribution in [0.15, 0.2) is 21.0 Å². The number of methoxy groups -OCH3 is 1. The van der Waals surface area contributed by atoms with Gasteiger partial charge in [-0.3, -0.25) is 0 Å². The molecule has 0 amide bonds. The van der Waals surface area contributed by atoms with Crippen LogP contribution in [0.3, 0.4) is 0 Å². The number of aryl methyl sites for hydroxylation is 3. The first kappa shape index (κ1) is 13.1. The second-order valence-electron chi connectivity index (χ2n) is 5.04. The highest BCUT2D eigenvalue weighted by molar-refractivity contribution is 6.04. The molecule has 2 aromatic heterocycles. The number of ether oxygens (including phenoxy) is 1. The summed E-state index contributed by atoms with van der Waals surface area (Å²) in [5.41, 5.74) is 2.67. The Balaban J connectivity index is 2.41. The average molecular weight is 274 g/mol. The molecule has 20 heavy (non-hydrogen) atoms. The van der Waals surface area contributed by atoms with E-state index in [1.54, 1.807) is 7.11 Å². The zero-order chi connectivity index (χ0) is 14.3. The molecule has 4 heteroatoms. The third-order valence-electron chi connectivity index (χ3n) is 3.55. The number of benzene rings is 1. The van der Waals surface area contributed by atoms with Crippen LogP contribution in [0.25, 0.3) is 21.9 Å². The van der Waals surface area contributed by atoms with Crippen LogP contribution in [0, 0.1) is 13.8 Å². The van der Waals surface area contributed by atoms with Gasteiger partial charge in [0, 0.05) is 17.6 Å². The fourth-order valence-electron chi connectivity index (χ4n) is 2.77. The number of hydrogen-bond donors (Lipinski definition) is 1. The van der Waals surface area contributed by atoms with Gasteiger partial charge in [0.1, 0.15) is 17.1 Å². The summed E-state index contributed by atoms with van der Waals surface area (Å²) in [6.45, 7) is 4.00. The first-order valence-electron chi connectivity index (χ1n) is 6.75. The highest BCUT2D eigenvalue weighted by Gasteiger charge is 2.20. The van der Waals surface area contributed by atoms with Crippen LogP contribution >= 0.6 is 0 Å². The number of furan rings is 2. The van der Waals surface area contributed by atoms with Crippen molar-refractivity contribution in [1.29, 1.82) is 0 Å². The van der Waals surface area contributed by atoms with Gasteiger partial charge in [-0.25, -0.2) is 0 Å². The predicted molar refractivity (Wildman–Crippen MR) is 77.4 cm³/mol. The van der Waals surface area contributed by atoms with Gasteiger partial charge >= 0.3 is 0 Å². The lowest BCUT2D eigenvalue weighted by Crippen LogP contribution is -1.93. The Bertz CT molecular complexity index is 706. The molecule has 1 aromatic carbocycles. The van der Waals surface area contributed by atoms with Gasteiger partial charge in [-0.05, 0) is 38.8 Å². The highest BCUT2D eigenvalue weighted by atomic mass is 16.5. The molecule has 0 fully saturated rings. The third kappa shape index (κ3) is 1.88. The zero-order valence-electron chi connectivity index (χ0n) is 11.9. The van der Waals surface area contributed by atoms with Crippen molar-refractivity contribution in [3.05, 3.63) is 29.2 Å². The van der Waals surface area contributed by atoms with Crippen LogP contribution in [0.5, 0.6) is 5.75 Å². The van der Waals surface area contributed by atoms with Crippen LogP contribution in [-0.4, -0.2) is 18.8 Å². The molecule has 3 aromatic rings. The molecule has 0 aliphatic heterocycles. The Morgan fingerprint density at radius 3 is 2.35 bits per heavy atom. The minimum absolute atomic E-state index is 0.158. The topological polar surface area (TPSA) is 55.7 Å². The lowest BCUT2D eigenvalue weighted by molar-refractivity contribution is 0.288. The van der Waals surface area contributed by atoms with E-state index in [9.17, 15) is 0 Å². The summed E-state index contributed by atoms with van der Waals surface area (Å²) >= 11 is 0. The molecule has 0 saturated carbocycles. The average Bonchev–Trinajstić information content (AvgIpc) is 2.96. The molecule has 0 radical (unpaired) electrons. The van der Waals surface area contributed by atoms with Crippen molar-refractivity contribution in [2.24, 2.45) is 0 Å². The van der Waals surface area contributed by atoms with Gasteiger partial charge in [-0.1, -0.05) is 0 Å². The monoisotopic (exact) mass is 274 g/mol. The second kappa shape index (κ2) is 4.87. The fourth-order valence-corrected chi connectivity index (χ4v) is 2.77. The number of hydrogen-bond acceptors (Lipinski definition) is 4. The number of rotatable bonds is 4. The van der Waals surface area contributed by atoms with E-state index >= 15 is 0 Å². The molecule has 2 heterocycles. The Morgan fingerprint density at radius 2 is 1.70 bits per heavy atom. The lowest BCUT2D eigenvalue weighted by Gasteiger charge is -2.07. The number of fused-ring (bicyclic) bond motifs is 2. The van der Waals surface area contributed by atoms with Crippen molar-refractivity contribution >= 4 is 21.9 Å². The first-order valence-corrected chi connectivity index (χ1v) is 6.75. The van der Waals surface area contributed by atoms with Crippen molar-refractivity contribution < 1.29 is 18.7 Å². The molecule has 0 aliphatic rings. The summed E-state index contributed by atoms with van der Waals surface area (Å²) in [7, 11) is 1.64. The third-order valence-corrected chi connectivity index (χ3v) is 3.55. The van der Waals surface area contributed by atoms with Gasteiger partial charge < -0.3 is 18.7 Å². The summed E-state index contributed by atoms with van der Waals surface area (Å²) in [5, 5.41) is 11.0. The molecule has 1 N–H and O–H groups in total. The predicted octanol–water partition coefficient (Wildman–Crippen LogP) is 3.73. The smallest absolute Gasteiger partial charge is 0.177 e. The minimum Gasteiger partial charge on any atom is -0.492 e. The lowest BCUT2D eigenvalue weighted by atomic mass is 10.0. The van der Waals surface area contributed by atoms with E-state index in [-0.39, 0.29) is 6.61 Å². The standard InChI is InChI=1S/C16H18O4/c1-9-7-12-11(5-4-6-17)14-13(8-10(2)19-14)15(18-3)16(12)20-9/h7-8,17H,4-6H2,1-3H3. The van der Waals surface area contributed by atoms with E-state index in [1.807, 2.05) is 26.0 Å². The van der Waals surface area contributed by atoms with E-state index in [4.69, 9.17) is 18.7 Å². The quantitative estimate of drug-likeness (QED) is 0.787. The molecule has 0 unspecified atom stereocenters. The Kier molecular flexibility index (Phi) is 3.18. The summed E-state index contributed by atoms with van der Waals surface area (Å²) in [4.78, 5) is 0. The van der Waals surface area contributed by atoms with Crippen LogP contribution in [-0.2, 0) is 6.42 Å². The van der Waals surface area contributed by atoms with Crippen LogP contribution < -0.4 is 4.74 Å². The van der Waals surface area contributed by atoms with E-state index < -0.39 is 0 Å². The van der Waals surface area contributed by atoms with Crippen molar-refractivity contribution in [3.63, 3.8) is 0 Å². The van der Waals surface area contributed by atoms with E-state index in [0.717, 1.165) is 45.4 Å². The van der Waals surface area contributed by atoms with Gasteiger partial charge in [0.2, 0.25) is 0 Å². The van der Waals surface area contributed by atoms with Crippen LogP contribution in [0.2, 0.25) is 0 Å². The van der Waals surface area contributed by atoms with Crippen molar-refractivity contribution in [1.82, 2.24) is 0 Å². The van der Waals surface area contributed by atoms with Gasteiger partial charge in [-0.15, -0.1) is 0 Å². The molecule has 0 atom stereocenters. The molecule has 0 spiro atoms. The Labute approximate surface area is 116 Å². The minimum atomic E-state index is 0.158. The zero-order valence-corrected chi connectivity index (χ0v) is 11.9. The Hall–Kier alpha value is -1.94. The second-order valence-corrected chi connectivity index (χ2v) is 5.04. The molecule has 106 valence electrons. The highest BCUT2D eigenvalue weighted by Crippen LogP contribution is 2.41. The van der Waals surface area contributed by atoms with Crippen molar-refractivity contribution in [3.8, 4) is 5.75 Å². The summed E-state index contributed by atoms with van der Waals surface area (Å²) in [6, 6.07) is 3.97. The maximum Gasteiger partial charge on any atom is 0.177 e. The molecular weight excluding hydrogens is 256 g/mol. The van der Waals surface area contributed by atoms with Crippen molar-refractivity contribution in [2.75, 3.05) is 13.7 Å². The maximum atomic E-state index is 9.10. The van der Waals surface area contributed by atoms with Gasteiger partial charge in [0.15, 0.2) is 11.3 Å². The van der Waals surface area contributed by atoms with Gasteiger partial charge in [0.05, 0.1) is 12.5 Å². The Morgan fingerprint density at radius 1 is 1.05 bits per heavy atom. The van der Waals surface area contributed by atoms with Gasteiger partial charge in [-0.2, -0.15) is 0 Å². The van der Waals surface area contributed by atoms with Crippen LogP contribution in [0.1, 0.15) is 23.5 Å². The molecule has 4 nitrogen and oxygen atoms in total. The van der Waals surface area contributed by atoms with Crippen molar-refractivity contribution in [2.45, 2.75) is 26.7 Å². The van der Waals surface area contributed by atoms with Gasteiger partial charge in [0.25, 0.3) is 0 Å². The van der Waals surface area contributed by atoms with E-state index in [1.165, 1.54) is 0 Å². The van der Waals surface area contributed by atoms with Crippen LogP contribution in [0.4, 0.5) is 0 Å². The number of aliphatic hydroxyl groups is 1. The molecule has 0 bridgehead atoms. The van der Waals surface area contributed by atoms with E-state index in [0.29, 0.717) is 12.2 Å². The molecule has 3 rings (SSSR count). The van der Waals surface area contributed by atoms with E-state index in [2.05, 4.69) is 0 Å². The maximum absolute atomic E-state index is 9.10. The summed E-state index contributed by atoms with van der Waals surface area (Å²) in [5.74, 6) is 2.40. The normalized spacial score (nSPS) is 11.6. The first-order chi connectivity index (χ1) is 9.65. The fraction of sp³-hybridized carbons (Fsp3) is 0.375. The molecular formula is C16H18O4. The summed E-state index contributed by atoms with van der Waals surface area (Å²) < 4.78 is 17.2. The molecule has 0 aliphatic carbocycles. The summed E-state index contributed by atoms with van der Waals surface area (Å²) in [6.07, 6.45) is 1.44. The number of aliphatic hydroxyl groups excluding tert-OH is 1. The largest absolute Gasteiger partial charge is 0.492 e.